The number of carbonyl (C=O) groups is 1. The first-order chi connectivity index (χ1) is 9.63. The van der Waals surface area contributed by atoms with E-state index >= 15 is 0 Å². The van der Waals surface area contributed by atoms with Crippen LogP contribution in [0.5, 0.6) is 5.75 Å². The van der Waals surface area contributed by atoms with Gasteiger partial charge in [0, 0.05) is 29.0 Å². The molecule has 0 spiro atoms. The average molecular weight is 340 g/mol. The van der Waals surface area contributed by atoms with Gasteiger partial charge < -0.3 is 14.8 Å². The predicted molar refractivity (Wildman–Crippen MR) is 78.7 cm³/mol. The molecule has 0 amide bonds. The molecule has 0 aromatic heterocycles. The van der Waals surface area contributed by atoms with Crippen LogP contribution in [0.2, 0.25) is 0 Å². The molecule has 3 rings (SSSR count). The van der Waals surface area contributed by atoms with Crippen LogP contribution in [0.25, 0.3) is 0 Å². The fraction of sp³-hybridized carbons (Fsp3) is 0.533. The van der Waals surface area contributed by atoms with Gasteiger partial charge in [0.05, 0.1) is 6.61 Å². The van der Waals surface area contributed by atoms with Gasteiger partial charge in [-0.05, 0) is 37.5 Å². The maximum absolute atomic E-state index is 11.6. The minimum Gasteiger partial charge on any atom is -0.478 e. The Morgan fingerprint density at radius 2 is 2.20 bits per heavy atom. The minimum absolute atomic E-state index is 0.256. The van der Waals surface area contributed by atoms with Crippen molar-refractivity contribution in [3.05, 3.63) is 27.7 Å². The molecule has 1 heterocycles. The Bertz CT molecular complexity index is 528. The maximum Gasteiger partial charge on any atom is 0.347 e. The Morgan fingerprint density at radius 1 is 1.40 bits per heavy atom. The fourth-order valence-electron chi connectivity index (χ4n) is 2.37. The third-order valence-electron chi connectivity index (χ3n) is 3.62. The Morgan fingerprint density at radius 3 is 2.85 bits per heavy atom. The van der Waals surface area contributed by atoms with Crippen LogP contribution >= 0.6 is 15.9 Å². The Kier molecular flexibility index (Phi) is 3.98. The summed E-state index contributed by atoms with van der Waals surface area (Å²) in [4.78, 5) is 11.6. The highest BCUT2D eigenvalue weighted by atomic mass is 79.9. The molecule has 0 bridgehead atoms. The summed E-state index contributed by atoms with van der Waals surface area (Å²) in [5.41, 5.74) is 2.12. The number of hydrogen-bond acceptors (Lipinski definition) is 4. The molecule has 20 heavy (non-hydrogen) atoms. The minimum atomic E-state index is -0.463. The van der Waals surface area contributed by atoms with Gasteiger partial charge >= 0.3 is 5.97 Å². The van der Waals surface area contributed by atoms with Crippen molar-refractivity contribution in [3.63, 3.8) is 0 Å². The molecule has 1 aliphatic heterocycles. The first-order valence-corrected chi connectivity index (χ1v) is 7.78. The second-order valence-corrected chi connectivity index (χ2v) is 6.34. The van der Waals surface area contributed by atoms with Crippen molar-refractivity contribution < 1.29 is 14.3 Å². The molecule has 0 radical (unpaired) electrons. The van der Waals surface area contributed by atoms with E-state index in [1.807, 2.05) is 13.0 Å². The zero-order valence-electron chi connectivity index (χ0n) is 11.4. The van der Waals surface area contributed by atoms with E-state index in [0.29, 0.717) is 19.1 Å². The van der Waals surface area contributed by atoms with Crippen molar-refractivity contribution in [2.45, 2.75) is 44.9 Å². The van der Waals surface area contributed by atoms with Crippen molar-refractivity contribution in [2.24, 2.45) is 0 Å². The van der Waals surface area contributed by atoms with E-state index in [0.717, 1.165) is 27.9 Å². The van der Waals surface area contributed by atoms with Gasteiger partial charge in [0.1, 0.15) is 5.75 Å². The maximum atomic E-state index is 11.6. The first-order valence-electron chi connectivity index (χ1n) is 6.99. The molecule has 1 saturated carbocycles. The Labute approximate surface area is 127 Å². The molecule has 108 valence electrons. The van der Waals surface area contributed by atoms with Crippen molar-refractivity contribution in [1.29, 1.82) is 0 Å². The normalized spacial score (nSPS) is 21.9. The van der Waals surface area contributed by atoms with Crippen LogP contribution in [0, 0.1) is 6.92 Å². The molecule has 1 aromatic carbocycles. The molecule has 1 aliphatic carbocycles. The molecule has 1 aromatic rings. The van der Waals surface area contributed by atoms with Gasteiger partial charge in [-0.1, -0.05) is 15.9 Å². The summed E-state index contributed by atoms with van der Waals surface area (Å²) in [5, 5.41) is 3.49. The monoisotopic (exact) mass is 339 g/mol. The predicted octanol–water partition coefficient (Wildman–Crippen LogP) is 2.70. The highest BCUT2D eigenvalue weighted by molar-refractivity contribution is 9.10. The lowest BCUT2D eigenvalue weighted by molar-refractivity contribution is -0.143. The SMILES string of the molecule is Cc1cc(Br)cc(CNC2CC2)c1OC1CCOC1=O. The third-order valence-corrected chi connectivity index (χ3v) is 4.08. The molecule has 1 unspecified atom stereocenters. The van der Waals surface area contributed by atoms with Gasteiger partial charge in [0.2, 0.25) is 0 Å². The molecule has 5 heteroatoms. The van der Waals surface area contributed by atoms with Gasteiger partial charge in [0.15, 0.2) is 6.10 Å². The first kappa shape index (κ1) is 13.9. The van der Waals surface area contributed by atoms with Gasteiger partial charge in [0.25, 0.3) is 0 Å². The van der Waals surface area contributed by atoms with Crippen LogP contribution in [0.15, 0.2) is 16.6 Å². The number of halogens is 1. The zero-order valence-corrected chi connectivity index (χ0v) is 13.0. The van der Waals surface area contributed by atoms with E-state index in [1.54, 1.807) is 0 Å². The second kappa shape index (κ2) is 5.74. The van der Waals surface area contributed by atoms with E-state index in [4.69, 9.17) is 9.47 Å². The van der Waals surface area contributed by atoms with Crippen molar-refractivity contribution in [1.82, 2.24) is 5.32 Å². The topological polar surface area (TPSA) is 47.6 Å². The average Bonchev–Trinajstić information content (AvgIpc) is 3.14. The van der Waals surface area contributed by atoms with Crippen molar-refractivity contribution in [2.75, 3.05) is 6.61 Å². The standard InChI is InChI=1S/C15H18BrNO3/c1-9-6-11(16)7-10(8-17-12-2-3-12)14(9)20-13-4-5-19-15(13)18/h6-7,12-13,17H,2-5,8H2,1H3. The molecule has 1 saturated heterocycles. The van der Waals surface area contributed by atoms with Crippen LogP contribution in [0.1, 0.15) is 30.4 Å². The van der Waals surface area contributed by atoms with Crippen molar-refractivity contribution >= 4 is 21.9 Å². The number of esters is 1. The molecule has 1 atom stereocenters. The molecule has 1 N–H and O–H groups in total. The van der Waals surface area contributed by atoms with Gasteiger partial charge in [-0.25, -0.2) is 4.79 Å². The van der Waals surface area contributed by atoms with Gasteiger partial charge in [-0.3, -0.25) is 0 Å². The fourth-order valence-corrected chi connectivity index (χ4v) is 2.99. The summed E-state index contributed by atoms with van der Waals surface area (Å²) in [6.45, 7) is 3.22. The number of rotatable bonds is 5. The third kappa shape index (κ3) is 3.15. The lowest BCUT2D eigenvalue weighted by Crippen LogP contribution is -2.24. The van der Waals surface area contributed by atoms with E-state index < -0.39 is 6.10 Å². The number of ether oxygens (including phenoxy) is 2. The summed E-state index contributed by atoms with van der Waals surface area (Å²) < 4.78 is 11.9. The largest absolute Gasteiger partial charge is 0.478 e. The molecule has 2 aliphatic rings. The van der Waals surface area contributed by atoms with Crippen LogP contribution in [-0.4, -0.2) is 24.7 Å². The number of benzene rings is 1. The van der Waals surface area contributed by atoms with Crippen molar-refractivity contribution in [3.8, 4) is 5.75 Å². The number of hydrogen-bond donors (Lipinski definition) is 1. The summed E-state index contributed by atoms with van der Waals surface area (Å²) in [6, 6.07) is 4.70. The summed E-state index contributed by atoms with van der Waals surface area (Å²) in [5.74, 6) is 0.554. The second-order valence-electron chi connectivity index (χ2n) is 5.43. The number of nitrogens with one attached hydrogen (secondary N) is 1. The van der Waals surface area contributed by atoms with Crippen LogP contribution in [-0.2, 0) is 16.1 Å². The van der Waals surface area contributed by atoms with Gasteiger partial charge in [-0.15, -0.1) is 0 Å². The lowest BCUT2D eigenvalue weighted by atomic mass is 10.1. The van der Waals surface area contributed by atoms with Crippen LogP contribution in [0.3, 0.4) is 0 Å². The molecule has 4 nitrogen and oxygen atoms in total. The molecular weight excluding hydrogens is 322 g/mol. The van der Waals surface area contributed by atoms with E-state index in [-0.39, 0.29) is 5.97 Å². The summed E-state index contributed by atoms with van der Waals surface area (Å²) in [6.07, 6.45) is 2.66. The quantitative estimate of drug-likeness (QED) is 0.838. The number of cyclic esters (lactones) is 1. The highest BCUT2D eigenvalue weighted by Gasteiger charge is 2.30. The van der Waals surface area contributed by atoms with E-state index in [2.05, 4.69) is 27.3 Å². The highest BCUT2D eigenvalue weighted by Crippen LogP contribution is 2.31. The van der Waals surface area contributed by atoms with E-state index in [9.17, 15) is 4.79 Å². The van der Waals surface area contributed by atoms with Gasteiger partial charge in [-0.2, -0.15) is 0 Å². The van der Waals surface area contributed by atoms with E-state index in [1.165, 1.54) is 12.8 Å². The Balaban J connectivity index is 1.80. The number of carbonyl (C=O) groups excluding carboxylic acids is 1. The number of aryl methyl sites for hydroxylation is 1. The Hall–Kier alpha value is -1.07. The summed E-state index contributed by atoms with van der Waals surface area (Å²) in [7, 11) is 0. The molecule has 2 fully saturated rings. The van der Waals surface area contributed by atoms with Crippen LogP contribution in [0.4, 0.5) is 0 Å². The van der Waals surface area contributed by atoms with Crippen LogP contribution < -0.4 is 10.1 Å². The lowest BCUT2D eigenvalue weighted by Gasteiger charge is -2.17. The summed E-state index contributed by atoms with van der Waals surface area (Å²) >= 11 is 3.52. The molecular formula is C15H18BrNO3. The smallest absolute Gasteiger partial charge is 0.347 e. The zero-order chi connectivity index (χ0) is 14.1.